The Morgan fingerprint density at radius 2 is 1.80 bits per heavy atom. The smallest absolute Gasteiger partial charge is 0.258 e. The number of benzene rings is 1. The highest BCUT2D eigenvalue weighted by Crippen LogP contribution is 2.41. The first-order chi connectivity index (χ1) is 12.1. The van der Waals surface area contributed by atoms with Crippen LogP contribution in [0, 0.1) is 0 Å². The van der Waals surface area contributed by atoms with Crippen LogP contribution in [0.5, 0.6) is 0 Å². The lowest BCUT2D eigenvalue weighted by Gasteiger charge is -2.08. The number of thiazole rings is 1. The second kappa shape index (κ2) is 6.38. The van der Waals surface area contributed by atoms with E-state index < -0.39 is 0 Å². The molecule has 0 saturated heterocycles. The van der Waals surface area contributed by atoms with Crippen LogP contribution in [0.1, 0.15) is 0 Å². The summed E-state index contributed by atoms with van der Waals surface area (Å²) in [4.78, 5) is 26.1. The first-order valence-electron chi connectivity index (χ1n) is 7.00. The Bertz CT molecular complexity index is 1170. The molecule has 0 bridgehead atoms. The second-order valence-corrected chi connectivity index (χ2v) is 7.09. The van der Waals surface area contributed by atoms with Crippen molar-refractivity contribution in [3.8, 4) is 21.8 Å². The van der Waals surface area contributed by atoms with Gasteiger partial charge in [0.15, 0.2) is 4.96 Å². The molecule has 4 rings (SSSR count). The van der Waals surface area contributed by atoms with Crippen LogP contribution in [-0.2, 0) is 0 Å². The second-order valence-electron chi connectivity index (χ2n) is 4.99. The molecule has 0 aliphatic heterocycles. The molecule has 0 atom stereocenters. The zero-order valence-corrected chi connectivity index (χ0v) is 15.4. The molecule has 4 aromatic rings. The molecule has 25 heavy (non-hydrogen) atoms. The van der Waals surface area contributed by atoms with Crippen molar-refractivity contribution in [2.75, 3.05) is 0 Å². The third-order valence-corrected chi connectivity index (χ3v) is 5.59. The van der Waals surface area contributed by atoms with Crippen LogP contribution < -0.4 is 5.56 Å². The van der Waals surface area contributed by atoms with Crippen LogP contribution in [0.15, 0.2) is 47.5 Å². The van der Waals surface area contributed by atoms with Gasteiger partial charge in [-0.1, -0.05) is 46.7 Å². The third-order valence-electron chi connectivity index (χ3n) is 3.51. The molecule has 9 heteroatoms. The van der Waals surface area contributed by atoms with Crippen LogP contribution in [0.3, 0.4) is 0 Å². The fourth-order valence-electron chi connectivity index (χ4n) is 2.47. The van der Waals surface area contributed by atoms with Gasteiger partial charge in [-0.2, -0.15) is 0 Å². The maximum atomic E-state index is 12.5. The molecule has 124 valence electrons. The molecule has 0 N–H and O–H groups in total. The standard InChI is InChI=1S/C16H7Cl3N4OS/c17-9-3-1-2-8(12(9)18)13-14(10-4-6-20-15(19)22-10)25-16-21-7-5-11(24)23(13)16/h1-7H. The Kier molecular flexibility index (Phi) is 4.21. The largest absolute Gasteiger partial charge is 0.269 e. The van der Waals surface area contributed by atoms with Gasteiger partial charge in [-0.25, -0.2) is 15.0 Å². The minimum Gasteiger partial charge on any atom is -0.269 e. The van der Waals surface area contributed by atoms with Gasteiger partial charge in [-0.05, 0) is 23.7 Å². The van der Waals surface area contributed by atoms with E-state index in [9.17, 15) is 4.79 Å². The van der Waals surface area contributed by atoms with E-state index >= 15 is 0 Å². The maximum Gasteiger partial charge on any atom is 0.258 e. The summed E-state index contributed by atoms with van der Waals surface area (Å²) >= 11 is 19.8. The zero-order chi connectivity index (χ0) is 17.6. The zero-order valence-electron chi connectivity index (χ0n) is 12.3. The Morgan fingerprint density at radius 3 is 2.60 bits per heavy atom. The quantitative estimate of drug-likeness (QED) is 0.444. The van der Waals surface area contributed by atoms with E-state index in [1.165, 1.54) is 28.0 Å². The van der Waals surface area contributed by atoms with Crippen LogP contribution in [0.4, 0.5) is 0 Å². The molecule has 3 aromatic heterocycles. The van der Waals surface area contributed by atoms with Crippen LogP contribution in [-0.4, -0.2) is 19.4 Å². The topological polar surface area (TPSA) is 60.2 Å². The lowest BCUT2D eigenvalue weighted by atomic mass is 10.1. The lowest BCUT2D eigenvalue weighted by molar-refractivity contribution is 1.08. The molecule has 0 fully saturated rings. The molecular weight excluding hydrogens is 403 g/mol. The lowest BCUT2D eigenvalue weighted by Crippen LogP contribution is -2.12. The van der Waals surface area contributed by atoms with E-state index in [4.69, 9.17) is 34.8 Å². The van der Waals surface area contributed by atoms with E-state index in [-0.39, 0.29) is 10.8 Å². The van der Waals surface area contributed by atoms with Gasteiger partial charge < -0.3 is 0 Å². The number of rotatable bonds is 2. The summed E-state index contributed by atoms with van der Waals surface area (Å²) in [5.41, 5.74) is 1.53. The summed E-state index contributed by atoms with van der Waals surface area (Å²) in [5.74, 6) is 0. The summed E-state index contributed by atoms with van der Waals surface area (Å²) in [6.45, 7) is 0. The van der Waals surface area contributed by atoms with Gasteiger partial charge in [0.25, 0.3) is 5.56 Å². The fraction of sp³-hybridized carbons (Fsp3) is 0. The Balaban J connectivity index is 2.16. The summed E-state index contributed by atoms with van der Waals surface area (Å²) < 4.78 is 1.49. The SMILES string of the molecule is O=c1ccnc2sc(-c3ccnc(Cl)n3)c(-c3cccc(Cl)c3Cl)n12. The summed E-state index contributed by atoms with van der Waals surface area (Å²) in [5, 5.41) is 0.849. The number of hydrogen-bond acceptors (Lipinski definition) is 5. The van der Waals surface area contributed by atoms with Crippen LogP contribution >= 0.6 is 46.1 Å². The monoisotopic (exact) mass is 408 g/mol. The van der Waals surface area contributed by atoms with E-state index in [2.05, 4.69) is 15.0 Å². The molecule has 0 unspecified atom stereocenters. The molecular formula is C16H7Cl3N4OS. The number of halogens is 3. The number of fused-ring (bicyclic) bond motifs is 1. The van der Waals surface area contributed by atoms with Gasteiger partial charge in [0, 0.05) is 24.0 Å². The number of aromatic nitrogens is 4. The van der Waals surface area contributed by atoms with Gasteiger partial charge in [-0.15, -0.1) is 0 Å². The molecule has 0 radical (unpaired) electrons. The Labute approximate surface area is 160 Å². The van der Waals surface area contributed by atoms with Crippen molar-refractivity contribution in [1.29, 1.82) is 0 Å². The average Bonchev–Trinajstić information content (AvgIpc) is 2.98. The van der Waals surface area contributed by atoms with Gasteiger partial charge in [0.1, 0.15) is 0 Å². The third kappa shape index (κ3) is 2.81. The minimum absolute atomic E-state index is 0.110. The van der Waals surface area contributed by atoms with Crippen molar-refractivity contribution in [1.82, 2.24) is 19.4 Å². The van der Waals surface area contributed by atoms with Gasteiger partial charge in [0.2, 0.25) is 5.28 Å². The summed E-state index contributed by atoms with van der Waals surface area (Å²) in [6.07, 6.45) is 3.02. The highest BCUT2D eigenvalue weighted by Gasteiger charge is 2.21. The Hall–Kier alpha value is -1.99. The highest BCUT2D eigenvalue weighted by molar-refractivity contribution is 7.20. The van der Waals surface area contributed by atoms with Crippen molar-refractivity contribution < 1.29 is 0 Å². The molecule has 0 saturated carbocycles. The van der Waals surface area contributed by atoms with E-state index in [0.717, 1.165) is 0 Å². The van der Waals surface area contributed by atoms with Crippen molar-refractivity contribution in [2.24, 2.45) is 0 Å². The predicted octanol–water partition coefficient (Wildman–Crippen LogP) is 4.84. The molecule has 0 amide bonds. The van der Waals surface area contributed by atoms with E-state index in [1.54, 1.807) is 30.5 Å². The van der Waals surface area contributed by atoms with Gasteiger partial charge in [0.05, 0.1) is 26.3 Å². The van der Waals surface area contributed by atoms with Crippen molar-refractivity contribution >= 4 is 51.1 Å². The first-order valence-corrected chi connectivity index (χ1v) is 8.95. The first kappa shape index (κ1) is 16.5. The number of nitrogens with zero attached hydrogens (tertiary/aromatic N) is 4. The molecule has 1 aromatic carbocycles. The van der Waals surface area contributed by atoms with Gasteiger partial charge in [-0.3, -0.25) is 9.20 Å². The normalized spacial score (nSPS) is 11.2. The minimum atomic E-state index is -0.223. The van der Waals surface area contributed by atoms with Crippen molar-refractivity contribution in [3.63, 3.8) is 0 Å². The highest BCUT2D eigenvalue weighted by atomic mass is 35.5. The van der Waals surface area contributed by atoms with E-state index in [1.807, 2.05) is 0 Å². The Morgan fingerprint density at radius 1 is 1.00 bits per heavy atom. The van der Waals surface area contributed by atoms with Gasteiger partial charge >= 0.3 is 0 Å². The molecule has 0 aliphatic rings. The maximum absolute atomic E-state index is 12.5. The van der Waals surface area contributed by atoms with Crippen LogP contribution in [0.2, 0.25) is 15.3 Å². The number of hydrogen-bond donors (Lipinski definition) is 0. The van der Waals surface area contributed by atoms with Crippen molar-refractivity contribution in [3.05, 3.63) is 68.4 Å². The van der Waals surface area contributed by atoms with E-state index in [0.29, 0.717) is 36.8 Å². The molecule has 0 aliphatic carbocycles. The molecule has 0 spiro atoms. The van der Waals surface area contributed by atoms with Crippen LogP contribution in [0.25, 0.3) is 26.8 Å². The van der Waals surface area contributed by atoms with Crippen molar-refractivity contribution in [2.45, 2.75) is 0 Å². The molecule has 5 nitrogen and oxygen atoms in total. The average molecular weight is 410 g/mol. The summed E-state index contributed by atoms with van der Waals surface area (Å²) in [6, 6.07) is 8.35. The summed E-state index contributed by atoms with van der Waals surface area (Å²) in [7, 11) is 0. The fourth-order valence-corrected chi connectivity index (χ4v) is 4.10. The predicted molar refractivity (Wildman–Crippen MR) is 101 cm³/mol. The molecule has 3 heterocycles.